The molecular weight excluding hydrogens is 375 g/mol. The van der Waals surface area contributed by atoms with Crippen LogP contribution in [0, 0.1) is 0 Å². The summed E-state index contributed by atoms with van der Waals surface area (Å²) >= 11 is 0. The van der Waals surface area contributed by atoms with Crippen LogP contribution in [-0.2, 0) is 38.3 Å². The number of amides is 1. The molecule has 1 atom stereocenters. The fraction of sp³-hybridized carbons (Fsp3) is 0.300. The average molecular weight is 395 g/mol. The van der Waals surface area contributed by atoms with Gasteiger partial charge in [-0.3, -0.25) is 4.79 Å². The molecule has 0 aliphatic heterocycles. The zero-order valence-electron chi connectivity index (χ0n) is 15.2. The molecule has 1 N–H and O–H groups in total. The van der Waals surface area contributed by atoms with E-state index in [1.165, 1.54) is 19.2 Å². The van der Waals surface area contributed by atoms with E-state index >= 15 is 0 Å². The van der Waals surface area contributed by atoms with Crippen LogP contribution in [0.5, 0.6) is 0 Å². The van der Waals surface area contributed by atoms with Gasteiger partial charge in [0.25, 0.3) is 0 Å². The van der Waals surface area contributed by atoms with E-state index in [4.69, 9.17) is 4.74 Å². The van der Waals surface area contributed by atoms with Crippen LogP contribution in [0.1, 0.15) is 16.7 Å². The lowest BCUT2D eigenvalue weighted by Crippen LogP contribution is -2.44. The molecule has 0 radical (unpaired) electrons. The molecule has 0 aromatic heterocycles. The second-order valence-electron chi connectivity index (χ2n) is 6.02. The number of methoxy groups -OCH3 is 1. The molecule has 150 valence electrons. The number of halogens is 3. The third-order valence-electron chi connectivity index (χ3n) is 3.89. The minimum Gasteiger partial charge on any atom is -0.467 e. The Morgan fingerprint density at radius 1 is 1.00 bits per heavy atom. The molecule has 0 saturated heterocycles. The van der Waals surface area contributed by atoms with Crippen LogP contribution in [0.25, 0.3) is 0 Å². The number of ether oxygens (including phenoxy) is 2. The van der Waals surface area contributed by atoms with E-state index in [0.29, 0.717) is 5.56 Å². The predicted octanol–water partition coefficient (Wildman–Crippen LogP) is 3.12. The minimum atomic E-state index is -4.44. The Morgan fingerprint density at radius 3 is 2.21 bits per heavy atom. The number of carbonyl (C=O) groups is 2. The van der Waals surface area contributed by atoms with Gasteiger partial charge >= 0.3 is 12.1 Å². The maximum absolute atomic E-state index is 12.6. The zero-order chi connectivity index (χ0) is 20.6. The first-order valence-corrected chi connectivity index (χ1v) is 8.44. The van der Waals surface area contributed by atoms with Crippen LogP contribution in [-0.4, -0.2) is 31.6 Å². The largest absolute Gasteiger partial charge is 0.467 e. The number of benzene rings is 2. The molecule has 0 fully saturated rings. The maximum Gasteiger partial charge on any atom is 0.416 e. The van der Waals surface area contributed by atoms with E-state index in [-0.39, 0.29) is 19.6 Å². The van der Waals surface area contributed by atoms with Crippen molar-refractivity contribution in [2.24, 2.45) is 0 Å². The zero-order valence-corrected chi connectivity index (χ0v) is 15.2. The second-order valence-corrected chi connectivity index (χ2v) is 6.02. The van der Waals surface area contributed by atoms with Crippen molar-refractivity contribution >= 4 is 11.9 Å². The SMILES string of the molecule is COC(=O)[C@H](Cc1ccc(C(F)(F)F)cc1)NC(=O)COCc1ccccc1. The van der Waals surface area contributed by atoms with Gasteiger partial charge in [-0.25, -0.2) is 4.79 Å². The Morgan fingerprint density at radius 2 is 1.64 bits per heavy atom. The summed E-state index contributed by atoms with van der Waals surface area (Å²) in [5, 5.41) is 2.49. The maximum atomic E-state index is 12.6. The van der Waals surface area contributed by atoms with Crippen LogP contribution in [0.2, 0.25) is 0 Å². The van der Waals surface area contributed by atoms with Crippen molar-refractivity contribution in [3.8, 4) is 0 Å². The molecule has 0 aliphatic rings. The van der Waals surface area contributed by atoms with Crippen LogP contribution in [0.15, 0.2) is 54.6 Å². The van der Waals surface area contributed by atoms with Crippen LogP contribution in [0.3, 0.4) is 0 Å². The molecule has 5 nitrogen and oxygen atoms in total. The highest BCUT2D eigenvalue weighted by atomic mass is 19.4. The summed E-state index contributed by atoms with van der Waals surface area (Å²) in [6.07, 6.45) is -4.44. The lowest BCUT2D eigenvalue weighted by atomic mass is 10.0. The Hall–Kier alpha value is -2.87. The van der Waals surface area contributed by atoms with Crippen molar-refractivity contribution in [2.75, 3.05) is 13.7 Å². The van der Waals surface area contributed by atoms with Crippen molar-refractivity contribution in [1.82, 2.24) is 5.32 Å². The molecule has 2 aromatic carbocycles. The van der Waals surface area contributed by atoms with Gasteiger partial charge in [0.15, 0.2) is 0 Å². The van der Waals surface area contributed by atoms with E-state index < -0.39 is 29.7 Å². The lowest BCUT2D eigenvalue weighted by Gasteiger charge is -2.17. The Labute approximate surface area is 160 Å². The average Bonchev–Trinajstić information content (AvgIpc) is 2.67. The molecule has 28 heavy (non-hydrogen) atoms. The molecule has 0 bridgehead atoms. The van der Waals surface area contributed by atoms with Gasteiger partial charge in [-0.05, 0) is 23.3 Å². The number of alkyl halides is 3. The fourth-order valence-corrected chi connectivity index (χ4v) is 2.47. The highest BCUT2D eigenvalue weighted by molar-refractivity contribution is 5.85. The standard InChI is InChI=1S/C20H20F3NO4/c1-27-19(26)17(11-14-7-9-16(10-8-14)20(21,22)23)24-18(25)13-28-12-15-5-3-2-4-6-15/h2-10,17H,11-13H2,1H3,(H,24,25)/t17-/m0/s1. The lowest BCUT2D eigenvalue weighted by molar-refractivity contribution is -0.145. The Bertz CT molecular complexity index is 776. The number of hydrogen-bond acceptors (Lipinski definition) is 4. The topological polar surface area (TPSA) is 64.6 Å². The van der Waals surface area contributed by atoms with E-state index in [1.807, 2.05) is 30.3 Å². The van der Waals surface area contributed by atoms with E-state index in [2.05, 4.69) is 10.1 Å². The van der Waals surface area contributed by atoms with E-state index in [1.54, 1.807) is 0 Å². The summed E-state index contributed by atoms with van der Waals surface area (Å²) in [7, 11) is 1.17. The third-order valence-corrected chi connectivity index (χ3v) is 3.89. The second kappa shape index (κ2) is 9.89. The molecule has 8 heteroatoms. The van der Waals surface area contributed by atoms with Gasteiger partial charge in [0.1, 0.15) is 12.6 Å². The quantitative estimate of drug-likeness (QED) is 0.698. The number of hydrogen-bond donors (Lipinski definition) is 1. The van der Waals surface area contributed by atoms with Crippen LogP contribution >= 0.6 is 0 Å². The highest BCUT2D eigenvalue weighted by Crippen LogP contribution is 2.29. The first kappa shape index (κ1) is 21.4. The predicted molar refractivity (Wildman–Crippen MR) is 95.2 cm³/mol. The number of carbonyl (C=O) groups excluding carboxylic acids is 2. The molecule has 0 heterocycles. The first-order valence-electron chi connectivity index (χ1n) is 8.44. The van der Waals surface area contributed by atoms with Crippen LogP contribution < -0.4 is 5.32 Å². The molecule has 2 aromatic rings. The molecule has 0 unspecified atom stereocenters. The van der Waals surface area contributed by atoms with Crippen molar-refractivity contribution in [2.45, 2.75) is 25.2 Å². The summed E-state index contributed by atoms with van der Waals surface area (Å²) in [6.45, 7) is -0.0363. The third kappa shape index (κ3) is 6.70. The van der Waals surface area contributed by atoms with Gasteiger partial charge in [0.2, 0.25) is 5.91 Å². The molecule has 1 amide bonds. The normalized spacial score (nSPS) is 12.3. The first-order chi connectivity index (χ1) is 13.3. The van der Waals surface area contributed by atoms with Gasteiger partial charge in [-0.2, -0.15) is 13.2 Å². The van der Waals surface area contributed by atoms with Gasteiger partial charge in [-0.15, -0.1) is 0 Å². The number of nitrogens with one attached hydrogen (secondary N) is 1. The molecule has 0 aliphatic carbocycles. The molecule has 0 saturated carbocycles. The monoisotopic (exact) mass is 395 g/mol. The van der Waals surface area contributed by atoms with Gasteiger partial charge in [0, 0.05) is 6.42 Å². The van der Waals surface area contributed by atoms with Crippen molar-refractivity contribution in [3.63, 3.8) is 0 Å². The molecular formula is C20H20F3NO4. The van der Waals surface area contributed by atoms with Crippen molar-refractivity contribution in [3.05, 3.63) is 71.3 Å². The van der Waals surface area contributed by atoms with Crippen LogP contribution in [0.4, 0.5) is 13.2 Å². The minimum absolute atomic E-state index is 0.00473. The fourth-order valence-electron chi connectivity index (χ4n) is 2.47. The number of rotatable bonds is 8. The Balaban J connectivity index is 1.91. The summed E-state index contributed by atoms with van der Waals surface area (Å²) in [5.41, 5.74) is 0.558. The summed E-state index contributed by atoms with van der Waals surface area (Å²) in [5.74, 6) is -1.23. The summed E-state index contributed by atoms with van der Waals surface area (Å²) < 4.78 is 47.9. The Kier molecular flexibility index (Phi) is 7.57. The van der Waals surface area contributed by atoms with Gasteiger partial charge in [-0.1, -0.05) is 42.5 Å². The molecule has 0 spiro atoms. The van der Waals surface area contributed by atoms with E-state index in [0.717, 1.165) is 17.7 Å². The summed E-state index contributed by atoms with van der Waals surface area (Å²) in [4.78, 5) is 24.0. The highest BCUT2D eigenvalue weighted by Gasteiger charge is 2.30. The van der Waals surface area contributed by atoms with Gasteiger partial charge in [0.05, 0.1) is 19.3 Å². The van der Waals surface area contributed by atoms with Crippen molar-refractivity contribution < 1.29 is 32.2 Å². The smallest absolute Gasteiger partial charge is 0.416 e. The molecule has 2 rings (SSSR count). The van der Waals surface area contributed by atoms with E-state index in [9.17, 15) is 22.8 Å². The summed E-state index contributed by atoms with van der Waals surface area (Å²) in [6, 6.07) is 12.6. The van der Waals surface area contributed by atoms with Gasteiger partial charge < -0.3 is 14.8 Å². The number of esters is 1. The van der Waals surface area contributed by atoms with Crippen molar-refractivity contribution in [1.29, 1.82) is 0 Å².